The third kappa shape index (κ3) is 4.32. The first kappa shape index (κ1) is 15.0. The molecule has 20 heavy (non-hydrogen) atoms. The average molecular weight is 275 g/mol. The highest BCUT2D eigenvalue weighted by Gasteiger charge is 2.25. The van der Waals surface area contributed by atoms with Crippen LogP contribution >= 0.6 is 0 Å². The molecule has 1 aliphatic rings. The molecule has 0 bridgehead atoms. The number of nitrogens with one attached hydrogen (secondary N) is 1. The van der Waals surface area contributed by atoms with Gasteiger partial charge < -0.3 is 11.1 Å². The first-order valence-corrected chi connectivity index (χ1v) is 7.49. The summed E-state index contributed by atoms with van der Waals surface area (Å²) >= 11 is 0. The number of hydrogen-bond donors (Lipinski definition) is 2. The van der Waals surface area contributed by atoms with Crippen molar-refractivity contribution in [2.75, 3.05) is 25.0 Å². The van der Waals surface area contributed by atoms with Crippen LogP contribution in [0.1, 0.15) is 31.2 Å². The molecule has 0 atom stereocenters. The van der Waals surface area contributed by atoms with Crippen molar-refractivity contribution in [3.8, 4) is 0 Å². The Bertz CT molecular complexity index is 443. The third-order valence-electron chi connectivity index (χ3n) is 3.89. The maximum Gasteiger partial charge on any atom is 0.238 e. The first-order valence-electron chi connectivity index (χ1n) is 7.49. The van der Waals surface area contributed by atoms with Gasteiger partial charge in [0.15, 0.2) is 0 Å². The SMILES string of the molecule is Cc1cccc(NC(=O)CN(CCCN)C2CCC2)c1. The second-order valence-corrected chi connectivity index (χ2v) is 5.62. The van der Waals surface area contributed by atoms with E-state index < -0.39 is 0 Å². The Balaban J connectivity index is 1.87. The normalized spacial score (nSPS) is 15.2. The molecule has 0 radical (unpaired) electrons. The zero-order valence-electron chi connectivity index (χ0n) is 12.3. The van der Waals surface area contributed by atoms with Crippen molar-refractivity contribution in [1.82, 2.24) is 4.90 Å². The van der Waals surface area contributed by atoms with Gasteiger partial charge in [-0.05, 0) is 50.4 Å². The van der Waals surface area contributed by atoms with Gasteiger partial charge in [0, 0.05) is 18.3 Å². The van der Waals surface area contributed by atoms with Gasteiger partial charge in [0.2, 0.25) is 5.91 Å². The van der Waals surface area contributed by atoms with Crippen molar-refractivity contribution in [2.24, 2.45) is 5.73 Å². The number of carbonyl (C=O) groups excluding carboxylic acids is 1. The fraction of sp³-hybridized carbons (Fsp3) is 0.562. The Morgan fingerprint density at radius 2 is 2.25 bits per heavy atom. The monoisotopic (exact) mass is 275 g/mol. The van der Waals surface area contributed by atoms with Gasteiger partial charge in [-0.2, -0.15) is 0 Å². The number of anilines is 1. The Kier molecular flexibility index (Phi) is 5.56. The molecule has 1 aliphatic carbocycles. The molecule has 0 aromatic heterocycles. The van der Waals surface area contributed by atoms with Crippen LogP contribution in [-0.2, 0) is 4.79 Å². The number of rotatable bonds is 7. The lowest BCUT2D eigenvalue weighted by molar-refractivity contribution is -0.118. The topological polar surface area (TPSA) is 58.4 Å². The largest absolute Gasteiger partial charge is 0.330 e. The van der Waals surface area contributed by atoms with Crippen LogP contribution < -0.4 is 11.1 Å². The van der Waals surface area contributed by atoms with E-state index >= 15 is 0 Å². The summed E-state index contributed by atoms with van der Waals surface area (Å²) in [5.74, 6) is 0.0690. The van der Waals surface area contributed by atoms with E-state index in [1.165, 1.54) is 19.3 Å². The maximum absolute atomic E-state index is 12.2. The number of hydrogen-bond acceptors (Lipinski definition) is 3. The minimum Gasteiger partial charge on any atom is -0.330 e. The molecule has 0 aliphatic heterocycles. The molecular weight excluding hydrogens is 250 g/mol. The molecule has 1 saturated carbocycles. The second-order valence-electron chi connectivity index (χ2n) is 5.62. The van der Waals surface area contributed by atoms with Gasteiger partial charge in [-0.1, -0.05) is 18.6 Å². The van der Waals surface area contributed by atoms with Gasteiger partial charge in [0.1, 0.15) is 0 Å². The number of carbonyl (C=O) groups is 1. The molecule has 1 fully saturated rings. The molecule has 0 spiro atoms. The maximum atomic E-state index is 12.2. The van der Waals surface area contributed by atoms with E-state index in [2.05, 4.69) is 10.2 Å². The number of benzene rings is 1. The summed E-state index contributed by atoms with van der Waals surface area (Å²) in [7, 11) is 0. The summed E-state index contributed by atoms with van der Waals surface area (Å²) in [6.45, 7) is 4.10. The summed E-state index contributed by atoms with van der Waals surface area (Å²) in [6.07, 6.45) is 4.65. The van der Waals surface area contributed by atoms with Crippen LogP contribution in [-0.4, -0.2) is 36.5 Å². The van der Waals surface area contributed by atoms with E-state index in [0.29, 0.717) is 19.1 Å². The van der Waals surface area contributed by atoms with Crippen LogP contribution in [0, 0.1) is 6.92 Å². The Morgan fingerprint density at radius 3 is 2.85 bits per heavy atom. The molecule has 3 N–H and O–H groups in total. The number of nitrogens with zero attached hydrogens (tertiary/aromatic N) is 1. The van der Waals surface area contributed by atoms with Crippen molar-refractivity contribution in [2.45, 2.75) is 38.6 Å². The number of aryl methyl sites for hydroxylation is 1. The Morgan fingerprint density at radius 1 is 1.45 bits per heavy atom. The summed E-state index contributed by atoms with van der Waals surface area (Å²) < 4.78 is 0. The fourth-order valence-corrected chi connectivity index (χ4v) is 2.54. The van der Waals surface area contributed by atoms with Crippen molar-refractivity contribution in [3.63, 3.8) is 0 Å². The third-order valence-corrected chi connectivity index (χ3v) is 3.89. The summed E-state index contributed by atoms with van der Waals surface area (Å²) in [6, 6.07) is 8.48. The minimum atomic E-state index is 0.0690. The van der Waals surface area contributed by atoms with Crippen LogP contribution in [0.2, 0.25) is 0 Å². The zero-order valence-corrected chi connectivity index (χ0v) is 12.3. The van der Waals surface area contributed by atoms with Gasteiger partial charge in [-0.15, -0.1) is 0 Å². The van der Waals surface area contributed by atoms with Crippen LogP contribution in [0.4, 0.5) is 5.69 Å². The van der Waals surface area contributed by atoms with E-state index in [0.717, 1.165) is 24.2 Å². The predicted molar refractivity (Wildman–Crippen MR) is 82.7 cm³/mol. The molecule has 1 aromatic rings. The molecule has 0 heterocycles. The standard InChI is InChI=1S/C16H25N3O/c1-13-5-2-6-14(11-13)18-16(20)12-19(10-4-9-17)15-7-3-8-15/h2,5-6,11,15H,3-4,7-10,12,17H2,1H3,(H,18,20). The lowest BCUT2D eigenvalue weighted by Crippen LogP contribution is -2.45. The molecule has 4 nitrogen and oxygen atoms in total. The highest BCUT2D eigenvalue weighted by Crippen LogP contribution is 2.24. The van der Waals surface area contributed by atoms with Gasteiger partial charge in [-0.25, -0.2) is 0 Å². The van der Waals surface area contributed by atoms with Crippen LogP contribution in [0.15, 0.2) is 24.3 Å². The van der Waals surface area contributed by atoms with Gasteiger partial charge in [0.05, 0.1) is 6.54 Å². The molecular formula is C16H25N3O. The van der Waals surface area contributed by atoms with Crippen molar-refractivity contribution < 1.29 is 4.79 Å². The van der Waals surface area contributed by atoms with Crippen LogP contribution in [0.3, 0.4) is 0 Å². The smallest absolute Gasteiger partial charge is 0.238 e. The van der Waals surface area contributed by atoms with Crippen molar-refractivity contribution in [1.29, 1.82) is 0 Å². The molecule has 110 valence electrons. The highest BCUT2D eigenvalue weighted by molar-refractivity contribution is 5.92. The molecule has 1 amide bonds. The van der Waals surface area contributed by atoms with Gasteiger partial charge in [0.25, 0.3) is 0 Å². The molecule has 4 heteroatoms. The zero-order chi connectivity index (χ0) is 14.4. The molecule has 0 saturated heterocycles. The van der Waals surface area contributed by atoms with E-state index in [1.54, 1.807) is 0 Å². The highest BCUT2D eigenvalue weighted by atomic mass is 16.2. The van der Waals surface area contributed by atoms with Crippen molar-refractivity contribution in [3.05, 3.63) is 29.8 Å². The lowest BCUT2D eigenvalue weighted by Gasteiger charge is -2.37. The van der Waals surface area contributed by atoms with E-state index in [1.807, 2.05) is 31.2 Å². The molecule has 0 unspecified atom stereocenters. The van der Waals surface area contributed by atoms with E-state index in [4.69, 9.17) is 5.73 Å². The Labute approximate surface area is 121 Å². The van der Waals surface area contributed by atoms with Gasteiger partial charge in [-0.3, -0.25) is 9.69 Å². The second kappa shape index (κ2) is 7.41. The fourth-order valence-electron chi connectivity index (χ4n) is 2.54. The average Bonchev–Trinajstić information content (AvgIpc) is 2.33. The minimum absolute atomic E-state index is 0.0690. The molecule has 1 aromatic carbocycles. The van der Waals surface area contributed by atoms with Crippen molar-refractivity contribution >= 4 is 11.6 Å². The first-order chi connectivity index (χ1) is 9.69. The number of amides is 1. The van der Waals surface area contributed by atoms with E-state index in [-0.39, 0.29) is 5.91 Å². The molecule has 2 rings (SSSR count). The summed E-state index contributed by atoms with van der Waals surface area (Å²) in [5.41, 5.74) is 7.61. The number of nitrogens with two attached hydrogens (primary N) is 1. The van der Waals surface area contributed by atoms with Crippen LogP contribution in [0.5, 0.6) is 0 Å². The summed E-state index contributed by atoms with van der Waals surface area (Å²) in [4.78, 5) is 14.4. The quantitative estimate of drug-likeness (QED) is 0.801. The predicted octanol–water partition coefficient (Wildman–Crippen LogP) is 2.14. The summed E-state index contributed by atoms with van der Waals surface area (Å²) in [5, 5.41) is 2.98. The lowest BCUT2D eigenvalue weighted by atomic mass is 9.91. The van der Waals surface area contributed by atoms with Crippen LogP contribution in [0.25, 0.3) is 0 Å². The van der Waals surface area contributed by atoms with E-state index in [9.17, 15) is 4.79 Å². The van der Waals surface area contributed by atoms with Gasteiger partial charge >= 0.3 is 0 Å². The Hall–Kier alpha value is -1.39.